The van der Waals surface area contributed by atoms with Crippen LogP contribution in [-0.4, -0.2) is 23.6 Å². The summed E-state index contributed by atoms with van der Waals surface area (Å²) < 4.78 is 17.3. The molecule has 0 aliphatic carbocycles. The predicted octanol–water partition coefficient (Wildman–Crippen LogP) is 5.53. The van der Waals surface area contributed by atoms with Gasteiger partial charge >= 0.3 is 5.92 Å². The minimum atomic E-state index is -4.44. The summed E-state index contributed by atoms with van der Waals surface area (Å²) in [5.74, 6) is -4.44. The fourth-order valence-corrected chi connectivity index (χ4v) is 2.14. The van der Waals surface area contributed by atoms with Gasteiger partial charge in [0.2, 0.25) is 8.67 Å². The van der Waals surface area contributed by atoms with E-state index in [9.17, 15) is 13.6 Å². The van der Waals surface area contributed by atoms with Gasteiger partial charge in [-0.05, 0) is 11.6 Å². The lowest BCUT2D eigenvalue weighted by molar-refractivity contribution is -0.115. The van der Waals surface area contributed by atoms with Crippen LogP contribution in [0.15, 0.2) is 0 Å². The van der Waals surface area contributed by atoms with Gasteiger partial charge in [0, 0.05) is 0 Å². The maximum atomic E-state index is 13.5. The van der Waals surface area contributed by atoms with E-state index in [0.717, 1.165) is 0 Å². The molecule has 1 nitrogen and oxygen atoms in total. The Labute approximate surface area is 141 Å². The highest BCUT2D eigenvalue weighted by Crippen LogP contribution is 2.60. The lowest BCUT2D eigenvalue weighted by atomic mass is 10.2. The zero-order valence-electron chi connectivity index (χ0n) is 7.10. The van der Waals surface area contributed by atoms with Gasteiger partial charge in [-0.3, -0.25) is 4.79 Å². The summed E-state index contributed by atoms with van der Waals surface area (Å²) in [6, 6.07) is 0. The standard InChI is InChI=1S/C5Cl8F2O.ClH/c6-1(16)2(7,8)3(9,10)4(14,15)5(11,12)13;/h;1H. The molecule has 0 rings (SSSR count). The first kappa shape index (κ1) is 21.4. The van der Waals surface area contributed by atoms with Crippen molar-refractivity contribution < 1.29 is 13.6 Å². The molecule has 0 aliphatic heterocycles. The third kappa shape index (κ3) is 3.83. The van der Waals surface area contributed by atoms with Crippen molar-refractivity contribution in [2.75, 3.05) is 0 Å². The van der Waals surface area contributed by atoms with Crippen LogP contribution in [0.25, 0.3) is 0 Å². The van der Waals surface area contributed by atoms with Crippen LogP contribution in [-0.2, 0) is 4.79 Å². The second-order valence-electron chi connectivity index (χ2n) is 2.49. The average molecular weight is 434 g/mol. The summed E-state index contributed by atoms with van der Waals surface area (Å²) in [4.78, 5) is 10.8. The van der Waals surface area contributed by atoms with Gasteiger partial charge in [0.15, 0.2) is 0 Å². The number of halogens is 11. The second kappa shape index (κ2) is 6.28. The normalized spacial score (nSPS) is 14.2. The first-order chi connectivity index (χ1) is 6.69. The molecule has 0 heterocycles. The molecule has 17 heavy (non-hydrogen) atoms. The van der Waals surface area contributed by atoms with Crippen molar-refractivity contribution >= 4 is 110 Å². The van der Waals surface area contributed by atoms with Crippen LogP contribution in [0.3, 0.4) is 0 Å². The molecule has 0 unspecified atom stereocenters. The van der Waals surface area contributed by atoms with Crippen molar-refractivity contribution in [3.8, 4) is 0 Å². The van der Waals surface area contributed by atoms with Gasteiger partial charge in [-0.1, -0.05) is 81.2 Å². The van der Waals surface area contributed by atoms with E-state index >= 15 is 0 Å². The smallest absolute Gasteiger partial charge is 0.278 e. The minimum Gasteiger partial charge on any atom is -0.278 e. The van der Waals surface area contributed by atoms with Crippen LogP contribution in [0.1, 0.15) is 0 Å². The molecule has 0 saturated heterocycles. The van der Waals surface area contributed by atoms with E-state index in [1.165, 1.54) is 0 Å². The van der Waals surface area contributed by atoms with Gasteiger partial charge in [-0.15, -0.1) is 12.4 Å². The molecule has 0 spiro atoms. The lowest BCUT2D eigenvalue weighted by Gasteiger charge is -2.39. The Morgan fingerprint density at radius 1 is 0.882 bits per heavy atom. The van der Waals surface area contributed by atoms with Crippen LogP contribution < -0.4 is 0 Å². The van der Waals surface area contributed by atoms with Crippen LogP contribution >= 0.6 is 105 Å². The molecular formula is C5HCl9F2O. The van der Waals surface area contributed by atoms with Crippen molar-refractivity contribution in [1.82, 2.24) is 0 Å². The minimum absolute atomic E-state index is 0. The highest BCUT2D eigenvalue weighted by molar-refractivity contribution is 6.83. The molecule has 104 valence electrons. The maximum absolute atomic E-state index is 13.5. The second-order valence-corrected chi connectivity index (χ2v) is 7.77. The predicted molar refractivity (Wildman–Crippen MR) is 72.2 cm³/mol. The first-order valence-electron chi connectivity index (χ1n) is 3.09. The van der Waals surface area contributed by atoms with E-state index in [4.69, 9.17) is 92.8 Å². The molecule has 0 atom stereocenters. The van der Waals surface area contributed by atoms with E-state index in [1.54, 1.807) is 0 Å². The van der Waals surface area contributed by atoms with Gasteiger partial charge in [-0.25, -0.2) is 0 Å². The molecule has 0 aromatic carbocycles. The van der Waals surface area contributed by atoms with E-state index in [1.807, 2.05) is 0 Å². The third-order valence-corrected chi connectivity index (χ3v) is 4.92. The molecule has 0 fully saturated rings. The molecule has 0 bridgehead atoms. The van der Waals surface area contributed by atoms with Gasteiger partial charge in [-0.2, -0.15) is 8.78 Å². The summed E-state index contributed by atoms with van der Waals surface area (Å²) in [7, 11) is 0. The number of hydrogen-bond acceptors (Lipinski definition) is 1. The third-order valence-electron chi connectivity index (χ3n) is 1.39. The van der Waals surface area contributed by atoms with Crippen LogP contribution in [0, 0.1) is 0 Å². The number of rotatable bonds is 3. The Balaban J connectivity index is 0. The van der Waals surface area contributed by atoms with Gasteiger partial charge in [0.25, 0.3) is 9.03 Å². The highest BCUT2D eigenvalue weighted by Gasteiger charge is 2.73. The Bertz CT molecular complexity index is 296. The summed E-state index contributed by atoms with van der Waals surface area (Å²) >= 11 is 40.6. The van der Waals surface area contributed by atoms with Crippen molar-refractivity contribution in [3.63, 3.8) is 0 Å². The van der Waals surface area contributed by atoms with E-state index in [0.29, 0.717) is 0 Å². The van der Waals surface area contributed by atoms with Crippen molar-refractivity contribution in [2.45, 2.75) is 18.4 Å². The summed E-state index contributed by atoms with van der Waals surface area (Å²) in [6.45, 7) is 0. The van der Waals surface area contributed by atoms with Crippen LogP contribution in [0.4, 0.5) is 8.78 Å². The van der Waals surface area contributed by atoms with E-state index < -0.39 is 23.6 Å². The molecule has 0 radical (unpaired) electrons. The topological polar surface area (TPSA) is 17.1 Å². The Kier molecular flexibility index (Phi) is 7.91. The molecule has 0 aliphatic rings. The number of carbonyl (C=O) groups is 1. The summed E-state index contributed by atoms with van der Waals surface area (Å²) in [6.07, 6.45) is 0. The van der Waals surface area contributed by atoms with Crippen LogP contribution in [0.5, 0.6) is 0 Å². The Hall–Kier alpha value is 2.14. The number of alkyl halides is 9. The fraction of sp³-hybridized carbons (Fsp3) is 0.800. The number of hydrogen-bond donors (Lipinski definition) is 0. The molecule has 0 aromatic rings. The van der Waals surface area contributed by atoms with E-state index in [-0.39, 0.29) is 12.4 Å². The zero-order valence-corrected chi connectivity index (χ0v) is 14.0. The molecule has 0 aromatic heterocycles. The quantitative estimate of drug-likeness (QED) is 0.422. The summed E-state index contributed by atoms with van der Waals surface area (Å²) in [5.41, 5.74) is 0. The van der Waals surface area contributed by atoms with Crippen molar-refractivity contribution in [2.24, 2.45) is 0 Å². The largest absolute Gasteiger partial charge is 0.329 e. The lowest BCUT2D eigenvalue weighted by Crippen LogP contribution is -2.59. The molecule has 12 heteroatoms. The summed E-state index contributed by atoms with van der Waals surface area (Å²) in [5, 5.41) is -1.64. The van der Waals surface area contributed by atoms with Crippen molar-refractivity contribution in [1.29, 1.82) is 0 Å². The average Bonchev–Trinajstić information content (AvgIpc) is 2.00. The SMILES string of the molecule is Cl.O=C(Cl)C(Cl)(Cl)C(Cl)(Cl)C(F)(F)C(Cl)(Cl)Cl. The maximum Gasteiger partial charge on any atom is 0.329 e. The first-order valence-corrected chi connectivity index (χ1v) is 6.12. The zero-order chi connectivity index (χ0) is 13.6. The van der Waals surface area contributed by atoms with Crippen molar-refractivity contribution in [3.05, 3.63) is 0 Å². The Morgan fingerprint density at radius 2 is 1.18 bits per heavy atom. The highest BCUT2D eigenvalue weighted by atomic mass is 35.6. The Morgan fingerprint density at radius 3 is 1.35 bits per heavy atom. The number of carbonyl (C=O) groups excluding carboxylic acids is 1. The van der Waals surface area contributed by atoms with Crippen LogP contribution in [0.2, 0.25) is 0 Å². The molecular weight excluding hydrogens is 433 g/mol. The fourth-order valence-electron chi connectivity index (χ4n) is 0.499. The van der Waals surface area contributed by atoms with Gasteiger partial charge < -0.3 is 0 Å². The van der Waals surface area contributed by atoms with E-state index in [2.05, 4.69) is 0 Å². The van der Waals surface area contributed by atoms with Gasteiger partial charge in [0.1, 0.15) is 0 Å². The molecule has 0 N–H and O–H groups in total. The molecule has 0 saturated carbocycles. The molecule has 0 amide bonds. The monoisotopic (exact) mass is 430 g/mol. The van der Waals surface area contributed by atoms with Gasteiger partial charge in [0.05, 0.1) is 0 Å².